The molecule has 1 N–H and O–H groups in total. The number of halogens is 1. The molecule has 3 heterocycles. The van der Waals surface area contributed by atoms with Crippen LogP contribution in [0.15, 0.2) is 10.5 Å². The van der Waals surface area contributed by atoms with Crippen molar-refractivity contribution in [2.45, 2.75) is 33.1 Å². The van der Waals surface area contributed by atoms with E-state index in [-0.39, 0.29) is 24.2 Å². The molecule has 0 bridgehead atoms. The van der Waals surface area contributed by atoms with Gasteiger partial charge in [-0.2, -0.15) is 0 Å². The van der Waals surface area contributed by atoms with Crippen LogP contribution in [-0.4, -0.2) is 60.9 Å². The zero-order chi connectivity index (χ0) is 17.1. The first-order chi connectivity index (χ1) is 11.5. The number of rotatable bonds is 4. The van der Waals surface area contributed by atoms with Crippen LogP contribution in [0.1, 0.15) is 41.1 Å². The molecule has 3 rings (SSSR count). The topological polar surface area (TPSA) is 65.8 Å². The Hall–Kier alpha value is -1.53. The van der Waals surface area contributed by atoms with Gasteiger partial charge >= 0.3 is 0 Å². The van der Waals surface area contributed by atoms with E-state index < -0.39 is 0 Å². The van der Waals surface area contributed by atoms with Crippen molar-refractivity contribution in [1.29, 1.82) is 0 Å². The Balaban J connectivity index is 0.00000225. The van der Waals surface area contributed by atoms with Gasteiger partial charge in [0.25, 0.3) is 5.91 Å². The minimum Gasteiger partial charge on any atom is -0.466 e. The third-order valence-electron chi connectivity index (χ3n) is 5.12. The van der Waals surface area contributed by atoms with Gasteiger partial charge in [-0.3, -0.25) is 9.59 Å². The van der Waals surface area contributed by atoms with E-state index in [2.05, 4.69) is 5.32 Å². The Bertz CT molecular complexity index is 603. The van der Waals surface area contributed by atoms with Crippen molar-refractivity contribution in [3.05, 3.63) is 23.2 Å². The van der Waals surface area contributed by atoms with Gasteiger partial charge in [0.05, 0.1) is 5.56 Å². The van der Waals surface area contributed by atoms with Gasteiger partial charge < -0.3 is 19.5 Å². The molecule has 25 heavy (non-hydrogen) atoms. The summed E-state index contributed by atoms with van der Waals surface area (Å²) in [6.07, 6.45) is 2.78. The molecular formula is C18H28ClN3O3. The number of hydrogen-bond acceptors (Lipinski definition) is 4. The third kappa shape index (κ3) is 4.76. The van der Waals surface area contributed by atoms with Crippen LogP contribution in [0.25, 0.3) is 0 Å². The summed E-state index contributed by atoms with van der Waals surface area (Å²) in [5.74, 6) is 2.30. The molecule has 1 unspecified atom stereocenters. The second-order valence-electron chi connectivity index (χ2n) is 6.90. The maximum atomic E-state index is 12.6. The molecule has 0 aliphatic carbocycles. The monoisotopic (exact) mass is 369 g/mol. The van der Waals surface area contributed by atoms with E-state index in [0.717, 1.165) is 25.3 Å². The van der Waals surface area contributed by atoms with E-state index in [0.29, 0.717) is 49.8 Å². The highest BCUT2D eigenvalue weighted by Gasteiger charge is 2.27. The summed E-state index contributed by atoms with van der Waals surface area (Å²) in [7, 11) is 0. The summed E-state index contributed by atoms with van der Waals surface area (Å²) < 4.78 is 5.45. The first-order valence-corrected chi connectivity index (χ1v) is 8.89. The Morgan fingerprint density at radius 1 is 1.20 bits per heavy atom. The van der Waals surface area contributed by atoms with E-state index in [9.17, 15) is 9.59 Å². The molecule has 0 spiro atoms. The number of nitrogens with zero attached hydrogens (tertiary/aromatic N) is 2. The average Bonchev–Trinajstić information content (AvgIpc) is 3.21. The van der Waals surface area contributed by atoms with Crippen LogP contribution >= 0.6 is 12.4 Å². The fourth-order valence-electron chi connectivity index (χ4n) is 3.62. The molecule has 2 aliphatic heterocycles. The molecule has 1 aromatic heterocycles. The molecule has 2 fully saturated rings. The van der Waals surface area contributed by atoms with Crippen LogP contribution in [0.5, 0.6) is 0 Å². The van der Waals surface area contributed by atoms with Gasteiger partial charge in [-0.15, -0.1) is 12.4 Å². The van der Waals surface area contributed by atoms with Crippen LogP contribution in [0, 0.1) is 19.8 Å². The van der Waals surface area contributed by atoms with Gasteiger partial charge in [-0.05, 0) is 51.8 Å². The molecule has 2 saturated heterocycles. The molecule has 0 radical (unpaired) electrons. The zero-order valence-electron chi connectivity index (χ0n) is 15.0. The largest absolute Gasteiger partial charge is 0.466 e. The number of carbonyl (C=O) groups excluding carboxylic acids is 2. The maximum Gasteiger partial charge on any atom is 0.257 e. The lowest BCUT2D eigenvalue weighted by atomic mass is 10.0. The Labute approximate surface area is 155 Å². The zero-order valence-corrected chi connectivity index (χ0v) is 15.9. The van der Waals surface area contributed by atoms with E-state index in [1.54, 1.807) is 6.07 Å². The summed E-state index contributed by atoms with van der Waals surface area (Å²) in [5.41, 5.74) is 0.640. The van der Waals surface area contributed by atoms with Gasteiger partial charge in [0.15, 0.2) is 0 Å². The minimum absolute atomic E-state index is 0. The fraction of sp³-hybridized carbons (Fsp3) is 0.667. The van der Waals surface area contributed by atoms with Crippen LogP contribution in [0.3, 0.4) is 0 Å². The van der Waals surface area contributed by atoms with Crippen molar-refractivity contribution in [2.75, 3.05) is 39.3 Å². The second kappa shape index (κ2) is 8.72. The number of amides is 2. The molecule has 0 aromatic carbocycles. The Kier molecular flexibility index (Phi) is 6.90. The lowest BCUT2D eigenvalue weighted by Gasteiger charge is -2.35. The maximum absolute atomic E-state index is 12.6. The van der Waals surface area contributed by atoms with E-state index in [1.807, 2.05) is 23.6 Å². The van der Waals surface area contributed by atoms with Crippen molar-refractivity contribution in [2.24, 2.45) is 5.92 Å². The predicted octanol–water partition coefficient (Wildman–Crippen LogP) is 1.99. The SMILES string of the molecule is Cc1cc(C(=O)N2CCN(C(=O)CCC3CCNC3)CC2)c(C)o1.Cl. The number of furan rings is 1. The van der Waals surface area contributed by atoms with Crippen molar-refractivity contribution in [3.8, 4) is 0 Å². The van der Waals surface area contributed by atoms with E-state index in [4.69, 9.17) is 4.42 Å². The normalized spacial score (nSPS) is 20.5. The molecule has 1 aromatic rings. The first kappa shape index (κ1) is 19.8. The van der Waals surface area contributed by atoms with Gasteiger partial charge in [-0.1, -0.05) is 0 Å². The van der Waals surface area contributed by atoms with Crippen LogP contribution in [0.2, 0.25) is 0 Å². The highest BCUT2D eigenvalue weighted by Crippen LogP contribution is 2.18. The average molecular weight is 370 g/mol. The molecule has 1 atom stereocenters. The summed E-state index contributed by atoms with van der Waals surface area (Å²) in [6, 6.07) is 1.80. The van der Waals surface area contributed by atoms with Crippen molar-refractivity contribution >= 4 is 24.2 Å². The van der Waals surface area contributed by atoms with E-state index in [1.165, 1.54) is 6.42 Å². The Morgan fingerprint density at radius 3 is 2.44 bits per heavy atom. The molecule has 2 aliphatic rings. The van der Waals surface area contributed by atoms with Crippen molar-refractivity contribution in [1.82, 2.24) is 15.1 Å². The Morgan fingerprint density at radius 2 is 1.88 bits per heavy atom. The molecular weight excluding hydrogens is 342 g/mol. The van der Waals surface area contributed by atoms with Crippen molar-refractivity contribution < 1.29 is 14.0 Å². The van der Waals surface area contributed by atoms with Crippen LogP contribution in [0.4, 0.5) is 0 Å². The highest BCUT2D eigenvalue weighted by atomic mass is 35.5. The second-order valence-corrected chi connectivity index (χ2v) is 6.90. The minimum atomic E-state index is 0. The predicted molar refractivity (Wildman–Crippen MR) is 98.1 cm³/mol. The number of carbonyl (C=O) groups is 2. The van der Waals surface area contributed by atoms with Gasteiger partial charge in [-0.25, -0.2) is 0 Å². The number of hydrogen-bond donors (Lipinski definition) is 1. The summed E-state index contributed by atoms with van der Waals surface area (Å²) >= 11 is 0. The van der Waals surface area contributed by atoms with Crippen LogP contribution in [-0.2, 0) is 4.79 Å². The number of aryl methyl sites for hydroxylation is 2. The summed E-state index contributed by atoms with van der Waals surface area (Å²) in [4.78, 5) is 28.6. The number of piperazine rings is 1. The quantitative estimate of drug-likeness (QED) is 0.881. The fourth-order valence-corrected chi connectivity index (χ4v) is 3.62. The molecule has 0 saturated carbocycles. The van der Waals surface area contributed by atoms with Crippen molar-refractivity contribution in [3.63, 3.8) is 0 Å². The highest BCUT2D eigenvalue weighted by molar-refractivity contribution is 5.95. The lowest BCUT2D eigenvalue weighted by molar-refractivity contribution is -0.132. The third-order valence-corrected chi connectivity index (χ3v) is 5.12. The van der Waals surface area contributed by atoms with Gasteiger partial charge in [0.2, 0.25) is 5.91 Å². The first-order valence-electron chi connectivity index (χ1n) is 8.89. The number of nitrogens with one attached hydrogen (secondary N) is 1. The molecule has 6 nitrogen and oxygen atoms in total. The van der Waals surface area contributed by atoms with Gasteiger partial charge in [0, 0.05) is 32.6 Å². The standard InChI is InChI=1S/C18H27N3O3.ClH/c1-13-11-16(14(2)24-13)18(23)21-9-7-20(8-10-21)17(22)4-3-15-5-6-19-12-15;/h11,15,19H,3-10,12H2,1-2H3;1H. The summed E-state index contributed by atoms with van der Waals surface area (Å²) in [5, 5.41) is 3.34. The smallest absolute Gasteiger partial charge is 0.257 e. The van der Waals surface area contributed by atoms with Crippen LogP contribution < -0.4 is 5.32 Å². The van der Waals surface area contributed by atoms with Gasteiger partial charge in [0.1, 0.15) is 11.5 Å². The van der Waals surface area contributed by atoms with E-state index >= 15 is 0 Å². The lowest BCUT2D eigenvalue weighted by Crippen LogP contribution is -2.50. The molecule has 140 valence electrons. The molecule has 2 amide bonds. The summed E-state index contributed by atoms with van der Waals surface area (Å²) in [6.45, 7) is 8.23. The molecule has 7 heteroatoms.